The summed E-state index contributed by atoms with van der Waals surface area (Å²) in [5, 5.41) is 10.2. The minimum Gasteiger partial charge on any atom is -0.451 e. The molecular formula is C22H24N4O3. The molecule has 7 nitrogen and oxygen atoms in total. The zero-order valence-corrected chi connectivity index (χ0v) is 16.4. The van der Waals surface area contributed by atoms with E-state index in [1.807, 2.05) is 42.5 Å². The summed E-state index contributed by atoms with van der Waals surface area (Å²) in [6.45, 7) is 4.04. The van der Waals surface area contributed by atoms with E-state index in [1.165, 1.54) is 12.8 Å². The number of piperidine rings is 1. The molecular weight excluding hydrogens is 368 g/mol. The second-order valence-corrected chi connectivity index (χ2v) is 7.46. The standard InChI is InChI=1S/C22H24N4O3/c1-15-10-12-26(13-11-15)17-8-6-16(7-9-17)23-20(27)14-29-22(28)21-18-4-2-3-5-19(18)24-25-21/h2-9,15H,10-14H2,1H3,(H,23,27)(H,24,25). The van der Waals surface area contributed by atoms with Crippen LogP contribution < -0.4 is 10.2 Å². The lowest BCUT2D eigenvalue weighted by Crippen LogP contribution is -2.32. The largest absolute Gasteiger partial charge is 0.451 e. The third-order valence-electron chi connectivity index (χ3n) is 5.30. The molecule has 0 aliphatic carbocycles. The maximum absolute atomic E-state index is 12.2. The summed E-state index contributed by atoms with van der Waals surface area (Å²) in [4.78, 5) is 26.7. The molecule has 0 bridgehead atoms. The molecule has 0 radical (unpaired) electrons. The molecule has 0 spiro atoms. The molecule has 1 fully saturated rings. The van der Waals surface area contributed by atoms with Crippen LogP contribution in [0.25, 0.3) is 10.9 Å². The predicted octanol–water partition coefficient (Wildman–Crippen LogP) is 3.59. The number of H-pyrrole nitrogens is 1. The van der Waals surface area contributed by atoms with Crippen LogP contribution in [0.3, 0.4) is 0 Å². The van der Waals surface area contributed by atoms with Crippen LogP contribution >= 0.6 is 0 Å². The summed E-state index contributed by atoms with van der Waals surface area (Å²) in [5.41, 5.74) is 2.75. The molecule has 1 aliphatic rings. The first-order valence-corrected chi connectivity index (χ1v) is 9.85. The van der Waals surface area contributed by atoms with Crippen LogP contribution in [0.15, 0.2) is 48.5 Å². The molecule has 7 heteroatoms. The summed E-state index contributed by atoms with van der Waals surface area (Å²) in [7, 11) is 0. The number of carbonyl (C=O) groups is 2. The zero-order valence-electron chi connectivity index (χ0n) is 16.4. The fourth-order valence-electron chi connectivity index (χ4n) is 3.54. The maximum atomic E-state index is 12.2. The second-order valence-electron chi connectivity index (χ2n) is 7.46. The number of anilines is 2. The van der Waals surface area contributed by atoms with Gasteiger partial charge in [-0.1, -0.05) is 25.1 Å². The van der Waals surface area contributed by atoms with Gasteiger partial charge in [0.1, 0.15) is 0 Å². The van der Waals surface area contributed by atoms with Crippen molar-refractivity contribution in [2.45, 2.75) is 19.8 Å². The Balaban J connectivity index is 1.30. The lowest BCUT2D eigenvalue weighted by molar-refractivity contribution is -0.119. The lowest BCUT2D eigenvalue weighted by Gasteiger charge is -2.32. The van der Waals surface area contributed by atoms with Gasteiger partial charge < -0.3 is 15.0 Å². The van der Waals surface area contributed by atoms with Gasteiger partial charge in [-0.25, -0.2) is 4.79 Å². The lowest BCUT2D eigenvalue weighted by atomic mass is 9.99. The van der Waals surface area contributed by atoms with Crippen LogP contribution in [-0.4, -0.2) is 41.8 Å². The molecule has 3 aromatic rings. The number of hydrogen-bond acceptors (Lipinski definition) is 5. The number of nitrogens with zero attached hydrogens (tertiary/aromatic N) is 2. The third kappa shape index (κ3) is 4.39. The van der Waals surface area contributed by atoms with E-state index in [-0.39, 0.29) is 12.3 Å². The van der Waals surface area contributed by atoms with Crippen molar-refractivity contribution in [3.8, 4) is 0 Å². The Hall–Kier alpha value is -3.35. The van der Waals surface area contributed by atoms with Crippen LogP contribution in [-0.2, 0) is 9.53 Å². The molecule has 4 rings (SSSR count). The minimum absolute atomic E-state index is 0.175. The van der Waals surface area contributed by atoms with Gasteiger partial charge in [0.15, 0.2) is 12.3 Å². The Kier molecular flexibility index (Phi) is 5.46. The first kappa shape index (κ1) is 19.0. The summed E-state index contributed by atoms with van der Waals surface area (Å²) in [6, 6.07) is 15.0. The van der Waals surface area contributed by atoms with E-state index in [1.54, 1.807) is 6.07 Å². The van der Waals surface area contributed by atoms with Crippen LogP contribution in [0.1, 0.15) is 30.3 Å². The third-order valence-corrected chi connectivity index (χ3v) is 5.30. The average Bonchev–Trinajstić information content (AvgIpc) is 3.17. The number of carbonyl (C=O) groups excluding carboxylic acids is 2. The van der Waals surface area contributed by atoms with Crippen LogP contribution in [0.4, 0.5) is 11.4 Å². The van der Waals surface area contributed by atoms with Crippen molar-refractivity contribution in [1.82, 2.24) is 10.2 Å². The van der Waals surface area contributed by atoms with Crippen molar-refractivity contribution in [2.24, 2.45) is 5.92 Å². The van der Waals surface area contributed by atoms with Gasteiger partial charge in [0.2, 0.25) is 0 Å². The molecule has 0 atom stereocenters. The Morgan fingerprint density at radius 3 is 2.62 bits per heavy atom. The molecule has 150 valence electrons. The highest BCUT2D eigenvalue weighted by atomic mass is 16.5. The Labute approximate surface area is 169 Å². The first-order chi connectivity index (χ1) is 14.1. The fourth-order valence-corrected chi connectivity index (χ4v) is 3.54. The van der Waals surface area contributed by atoms with E-state index in [4.69, 9.17) is 4.74 Å². The van der Waals surface area contributed by atoms with Gasteiger partial charge in [0, 0.05) is 29.9 Å². The van der Waals surface area contributed by atoms with Crippen molar-refractivity contribution in [1.29, 1.82) is 0 Å². The van der Waals surface area contributed by atoms with Crippen molar-refractivity contribution in [2.75, 3.05) is 29.9 Å². The molecule has 2 N–H and O–H groups in total. The maximum Gasteiger partial charge on any atom is 0.359 e. The molecule has 2 aromatic carbocycles. The van der Waals surface area contributed by atoms with Crippen LogP contribution in [0, 0.1) is 5.92 Å². The number of amides is 1. The van der Waals surface area contributed by atoms with E-state index in [2.05, 4.69) is 27.3 Å². The van der Waals surface area contributed by atoms with E-state index < -0.39 is 11.9 Å². The number of benzene rings is 2. The summed E-state index contributed by atoms with van der Waals surface area (Å²) < 4.78 is 5.12. The van der Waals surface area contributed by atoms with E-state index in [9.17, 15) is 9.59 Å². The van der Waals surface area contributed by atoms with Gasteiger partial charge in [0.05, 0.1) is 5.52 Å². The summed E-state index contributed by atoms with van der Waals surface area (Å²) >= 11 is 0. The van der Waals surface area contributed by atoms with Gasteiger partial charge in [-0.3, -0.25) is 9.89 Å². The minimum atomic E-state index is -0.632. The quantitative estimate of drug-likeness (QED) is 0.648. The van der Waals surface area contributed by atoms with E-state index in [0.29, 0.717) is 11.1 Å². The average molecular weight is 392 g/mol. The Bertz CT molecular complexity index is 1000. The Morgan fingerprint density at radius 2 is 1.86 bits per heavy atom. The zero-order chi connectivity index (χ0) is 20.2. The topological polar surface area (TPSA) is 87.3 Å². The number of hydrogen-bond donors (Lipinski definition) is 2. The molecule has 29 heavy (non-hydrogen) atoms. The summed E-state index contributed by atoms with van der Waals surface area (Å²) in [6.07, 6.45) is 2.41. The number of aromatic nitrogens is 2. The Morgan fingerprint density at radius 1 is 1.14 bits per heavy atom. The molecule has 1 saturated heterocycles. The SMILES string of the molecule is CC1CCN(c2ccc(NC(=O)COC(=O)c3n[nH]c4ccccc34)cc2)CC1. The number of para-hydroxylation sites is 1. The molecule has 1 aromatic heterocycles. The van der Waals surface area contributed by atoms with Gasteiger partial charge in [-0.15, -0.1) is 0 Å². The molecule has 0 saturated carbocycles. The predicted molar refractivity (Wildman–Crippen MR) is 112 cm³/mol. The smallest absolute Gasteiger partial charge is 0.359 e. The van der Waals surface area contributed by atoms with Crippen molar-refractivity contribution in [3.63, 3.8) is 0 Å². The fraction of sp³-hybridized carbons (Fsp3) is 0.318. The summed E-state index contributed by atoms with van der Waals surface area (Å²) in [5.74, 6) is -0.239. The van der Waals surface area contributed by atoms with E-state index in [0.717, 1.165) is 30.2 Å². The number of ether oxygens (including phenoxy) is 1. The van der Waals surface area contributed by atoms with Crippen molar-refractivity contribution in [3.05, 3.63) is 54.2 Å². The molecule has 2 heterocycles. The number of nitrogens with one attached hydrogen (secondary N) is 2. The molecule has 1 amide bonds. The van der Waals surface area contributed by atoms with Crippen molar-refractivity contribution >= 4 is 34.2 Å². The number of esters is 1. The number of rotatable bonds is 5. The van der Waals surface area contributed by atoms with E-state index >= 15 is 0 Å². The molecule has 1 aliphatic heterocycles. The number of aromatic amines is 1. The second kappa shape index (κ2) is 8.34. The first-order valence-electron chi connectivity index (χ1n) is 9.85. The van der Waals surface area contributed by atoms with Crippen molar-refractivity contribution < 1.29 is 14.3 Å². The highest BCUT2D eigenvalue weighted by Crippen LogP contribution is 2.24. The normalized spacial score (nSPS) is 14.7. The van der Waals surface area contributed by atoms with Gasteiger partial charge >= 0.3 is 5.97 Å². The van der Waals surface area contributed by atoms with Crippen LogP contribution in [0.2, 0.25) is 0 Å². The number of fused-ring (bicyclic) bond motifs is 1. The van der Waals surface area contributed by atoms with Gasteiger partial charge in [0.25, 0.3) is 5.91 Å². The van der Waals surface area contributed by atoms with Gasteiger partial charge in [-0.2, -0.15) is 5.10 Å². The highest BCUT2D eigenvalue weighted by Gasteiger charge is 2.18. The van der Waals surface area contributed by atoms with Crippen LogP contribution in [0.5, 0.6) is 0 Å². The molecule has 0 unspecified atom stereocenters. The highest BCUT2D eigenvalue weighted by molar-refractivity contribution is 6.03. The van der Waals surface area contributed by atoms with Gasteiger partial charge in [-0.05, 0) is 49.1 Å². The monoisotopic (exact) mass is 392 g/mol.